The molecule has 3 N–H and O–H groups in total. The van der Waals surface area contributed by atoms with Gasteiger partial charge in [-0.3, -0.25) is 14.9 Å². The van der Waals surface area contributed by atoms with Gasteiger partial charge < -0.3 is 24.8 Å². The number of amides is 2. The lowest BCUT2D eigenvalue weighted by atomic mass is 10.0. The number of anilines is 2. The number of allylic oxidation sites excluding steroid dienone is 2. The molecule has 35 heavy (non-hydrogen) atoms. The quantitative estimate of drug-likeness (QED) is 0.299. The largest absolute Gasteiger partial charge is 0.493 e. The van der Waals surface area contributed by atoms with Crippen LogP contribution in [0, 0.1) is 5.92 Å². The molecule has 2 rings (SSSR count). The molecule has 186 valence electrons. The number of nitrogens with one attached hydrogen (secondary N) is 3. The van der Waals surface area contributed by atoms with Gasteiger partial charge in [-0.05, 0) is 62.8 Å². The number of benzene rings is 2. The number of rotatable bonds is 11. The number of methoxy groups -OCH3 is 2. The molecule has 0 fully saturated rings. The zero-order valence-electron chi connectivity index (χ0n) is 20.3. The van der Waals surface area contributed by atoms with Crippen molar-refractivity contribution in [2.24, 2.45) is 5.92 Å². The van der Waals surface area contributed by atoms with Crippen molar-refractivity contribution in [3.8, 4) is 17.2 Å². The molecule has 0 saturated heterocycles. The molecule has 9 heteroatoms. The Labute approximate surface area is 211 Å². The first kappa shape index (κ1) is 27.4. The predicted molar refractivity (Wildman–Crippen MR) is 143 cm³/mol. The van der Waals surface area contributed by atoms with Crippen LogP contribution in [-0.2, 0) is 4.79 Å². The second kappa shape index (κ2) is 13.8. The zero-order chi connectivity index (χ0) is 25.8. The zero-order valence-corrected chi connectivity index (χ0v) is 21.2. The Kier molecular flexibility index (Phi) is 10.8. The topological polar surface area (TPSA) is 97.9 Å². The Morgan fingerprint density at radius 1 is 1.09 bits per heavy atom. The molecular formula is C26H31N3O5S. The molecule has 0 aliphatic rings. The lowest BCUT2D eigenvalue weighted by Crippen LogP contribution is -2.34. The number of hydrogen-bond acceptors (Lipinski definition) is 6. The van der Waals surface area contributed by atoms with E-state index in [9.17, 15) is 9.59 Å². The van der Waals surface area contributed by atoms with Gasteiger partial charge >= 0.3 is 0 Å². The predicted octanol–water partition coefficient (Wildman–Crippen LogP) is 4.94. The van der Waals surface area contributed by atoms with Crippen molar-refractivity contribution in [2.45, 2.75) is 20.3 Å². The summed E-state index contributed by atoms with van der Waals surface area (Å²) in [7, 11) is 2.96. The number of hydrogen-bond donors (Lipinski definition) is 3. The van der Waals surface area contributed by atoms with Crippen molar-refractivity contribution < 1.29 is 23.8 Å². The Morgan fingerprint density at radius 2 is 1.71 bits per heavy atom. The Hall–Kier alpha value is -3.85. The van der Waals surface area contributed by atoms with E-state index in [0.717, 1.165) is 0 Å². The van der Waals surface area contributed by atoms with Crippen molar-refractivity contribution in [3.63, 3.8) is 0 Å². The molecule has 0 radical (unpaired) electrons. The molecule has 8 nitrogen and oxygen atoms in total. The number of carbonyl (C=O) groups is 2. The van der Waals surface area contributed by atoms with Crippen LogP contribution in [0.4, 0.5) is 11.4 Å². The van der Waals surface area contributed by atoms with Crippen LogP contribution in [-0.4, -0.2) is 37.8 Å². The third-order valence-corrected chi connectivity index (χ3v) is 5.08. The molecule has 1 atom stereocenters. The first-order chi connectivity index (χ1) is 16.9. The second-order valence-corrected chi connectivity index (χ2v) is 7.68. The molecule has 0 spiro atoms. The summed E-state index contributed by atoms with van der Waals surface area (Å²) in [4.78, 5) is 25.3. The molecule has 2 aromatic rings. The molecule has 0 bridgehead atoms. The highest BCUT2D eigenvalue weighted by Gasteiger charge is 2.18. The SMILES string of the molecule is C=CC(C/C=C\C)C(=O)Nc1cccc(NC(=S)NC(=O)c2cc(OC)c(OCC)c(OC)c2)c1. The summed E-state index contributed by atoms with van der Waals surface area (Å²) < 4.78 is 16.3. The Morgan fingerprint density at radius 3 is 2.26 bits per heavy atom. The van der Waals surface area contributed by atoms with Crippen molar-refractivity contribution in [1.82, 2.24) is 5.32 Å². The van der Waals surface area contributed by atoms with Crippen molar-refractivity contribution in [3.05, 3.63) is 66.8 Å². The Bertz CT molecular complexity index is 1080. The first-order valence-corrected chi connectivity index (χ1v) is 11.4. The average Bonchev–Trinajstić information content (AvgIpc) is 2.84. The van der Waals surface area contributed by atoms with Crippen molar-refractivity contribution >= 4 is 40.5 Å². The Balaban J connectivity index is 2.08. The molecule has 1 unspecified atom stereocenters. The third kappa shape index (κ3) is 7.86. The normalized spacial score (nSPS) is 11.3. The van der Waals surface area contributed by atoms with Gasteiger partial charge in [0.25, 0.3) is 5.91 Å². The number of carbonyl (C=O) groups excluding carboxylic acids is 2. The van der Waals surface area contributed by atoms with E-state index in [0.29, 0.717) is 41.7 Å². The lowest BCUT2D eigenvalue weighted by Gasteiger charge is -2.16. The fourth-order valence-corrected chi connectivity index (χ4v) is 3.35. The van der Waals surface area contributed by atoms with Crippen LogP contribution in [0.5, 0.6) is 17.2 Å². The van der Waals surface area contributed by atoms with E-state index < -0.39 is 5.91 Å². The van der Waals surface area contributed by atoms with E-state index in [1.54, 1.807) is 42.5 Å². The first-order valence-electron chi connectivity index (χ1n) is 11.0. The van der Waals surface area contributed by atoms with Crippen LogP contribution < -0.4 is 30.2 Å². The monoisotopic (exact) mass is 497 g/mol. The summed E-state index contributed by atoms with van der Waals surface area (Å²) in [6.45, 7) is 7.89. The van der Waals surface area contributed by atoms with Gasteiger partial charge in [-0.25, -0.2) is 0 Å². The highest BCUT2D eigenvalue weighted by Crippen LogP contribution is 2.38. The van der Waals surface area contributed by atoms with E-state index in [1.165, 1.54) is 14.2 Å². The minimum absolute atomic E-state index is 0.0855. The van der Waals surface area contributed by atoms with Crippen molar-refractivity contribution in [1.29, 1.82) is 0 Å². The van der Waals surface area contributed by atoms with Crippen LogP contribution >= 0.6 is 12.2 Å². The van der Waals surface area contributed by atoms with Gasteiger partial charge in [-0.2, -0.15) is 0 Å². The molecule has 0 heterocycles. The summed E-state index contributed by atoms with van der Waals surface area (Å²) in [5.41, 5.74) is 1.46. The van der Waals surface area contributed by atoms with Crippen LogP contribution in [0.1, 0.15) is 30.6 Å². The second-order valence-electron chi connectivity index (χ2n) is 7.27. The van der Waals surface area contributed by atoms with Crippen LogP contribution in [0.3, 0.4) is 0 Å². The van der Waals surface area contributed by atoms with Gasteiger partial charge in [0.15, 0.2) is 16.6 Å². The smallest absolute Gasteiger partial charge is 0.257 e. The summed E-state index contributed by atoms with van der Waals surface area (Å²) in [5.74, 6) is 0.190. The van der Waals surface area contributed by atoms with Crippen LogP contribution in [0.25, 0.3) is 0 Å². The van der Waals surface area contributed by atoms with Crippen LogP contribution in [0.15, 0.2) is 61.2 Å². The van der Waals surface area contributed by atoms with Crippen LogP contribution in [0.2, 0.25) is 0 Å². The minimum atomic E-state index is -0.454. The average molecular weight is 498 g/mol. The maximum atomic E-state index is 12.8. The van der Waals surface area contributed by atoms with Gasteiger partial charge in [-0.15, -0.1) is 6.58 Å². The van der Waals surface area contributed by atoms with E-state index in [1.807, 2.05) is 26.0 Å². The van der Waals surface area contributed by atoms with Gasteiger partial charge in [0.2, 0.25) is 11.7 Å². The minimum Gasteiger partial charge on any atom is -0.493 e. The molecule has 0 aliphatic heterocycles. The van der Waals surface area contributed by atoms with E-state index in [-0.39, 0.29) is 22.5 Å². The highest BCUT2D eigenvalue weighted by molar-refractivity contribution is 7.80. The fourth-order valence-electron chi connectivity index (χ4n) is 3.14. The molecule has 0 aromatic heterocycles. The van der Waals surface area contributed by atoms with Gasteiger partial charge in [0.05, 0.1) is 26.7 Å². The summed E-state index contributed by atoms with van der Waals surface area (Å²) >= 11 is 5.30. The molecule has 2 aromatic carbocycles. The highest BCUT2D eigenvalue weighted by atomic mass is 32.1. The van der Waals surface area contributed by atoms with E-state index >= 15 is 0 Å². The summed E-state index contributed by atoms with van der Waals surface area (Å²) in [6, 6.07) is 10.1. The van der Waals surface area contributed by atoms with Crippen molar-refractivity contribution in [2.75, 3.05) is 31.5 Å². The third-order valence-electron chi connectivity index (χ3n) is 4.87. The molecular weight excluding hydrogens is 466 g/mol. The number of ether oxygens (including phenoxy) is 3. The van der Waals surface area contributed by atoms with Gasteiger partial charge in [-0.1, -0.05) is 24.3 Å². The van der Waals surface area contributed by atoms with Gasteiger partial charge in [0, 0.05) is 16.9 Å². The molecule has 0 saturated carbocycles. The number of thiocarbonyl (C=S) groups is 1. The lowest BCUT2D eigenvalue weighted by molar-refractivity contribution is -0.118. The maximum absolute atomic E-state index is 12.8. The standard InChI is InChI=1S/C26H31N3O5S/c1-6-9-11-17(7-2)24(30)27-19-12-10-13-20(16-19)28-26(35)29-25(31)18-14-21(32-4)23(34-8-3)22(15-18)33-5/h6-7,9-10,12-17H,2,8,11H2,1,3-5H3,(H,27,30)(H2,28,29,31,35)/b9-6-. The fraction of sp³-hybridized carbons (Fsp3) is 0.269. The van der Waals surface area contributed by atoms with Gasteiger partial charge in [0.1, 0.15) is 0 Å². The summed E-state index contributed by atoms with van der Waals surface area (Å²) in [5, 5.41) is 8.54. The van der Waals surface area contributed by atoms with E-state index in [4.69, 9.17) is 26.4 Å². The summed E-state index contributed by atoms with van der Waals surface area (Å²) in [6.07, 6.45) is 6.00. The molecule has 2 amide bonds. The molecule has 0 aliphatic carbocycles. The van der Waals surface area contributed by atoms with E-state index in [2.05, 4.69) is 22.5 Å². The maximum Gasteiger partial charge on any atom is 0.257 e.